The van der Waals surface area contributed by atoms with Crippen molar-refractivity contribution in [2.75, 3.05) is 0 Å². The molecule has 2 aromatic rings. The van der Waals surface area contributed by atoms with Crippen molar-refractivity contribution in [2.45, 2.75) is 40.7 Å². The molecule has 1 aromatic heterocycles. The number of hydrogen-bond donors (Lipinski definition) is 2. The summed E-state index contributed by atoms with van der Waals surface area (Å²) in [7, 11) is 0. The lowest BCUT2D eigenvalue weighted by Gasteiger charge is -2.20. The molecule has 0 amide bonds. The fourth-order valence-electron chi connectivity index (χ4n) is 2.63. The van der Waals surface area contributed by atoms with Crippen molar-refractivity contribution in [1.82, 2.24) is 5.43 Å². The summed E-state index contributed by atoms with van der Waals surface area (Å²) in [4.78, 5) is 0. The second-order valence-corrected chi connectivity index (χ2v) is 5.21. The normalized spacial score (nSPS) is 12.7. The van der Waals surface area contributed by atoms with Gasteiger partial charge in [-0.1, -0.05) is 23.8 Å². The number of benzene rings is 1. The van der Waals surface area contributed by atoms with Crippen LogP contribution in [-0.4, -0.2) is 0 Å². The molecular weight excluding hydrogens is 236 g/mol. The summed E-state index contributed by atoms with van der Waals surface area (Å²) in [6.07, 6.45) is 0. The zero-order valence-electron chi connectivity index (χ0n) is 12.3. The van der Waals surface area contributed by atoms with Crippen molar-refractivity contribution in [3.05, 3.63) is 57.5 Å². The Morgan fingerprint density at radius 1 is 1.05 bits per heavy atom. The smallest absolute Gasteiger partial charge is 0.106 e. The van der Waals surface area contributed by atoms with Crippen molar-refractivity contribution < 1.29 is 4.42 Å². The van der Waals surface area contributed by atoms with Gasteiger partial charge in [-0.25, -0.2) is 5.43 Å². The fraction of sp³-hybridized carbons (Fsp3) is 0.375. The molecule has 0 aliphatic carbocycles. The van der Waals surface area contributed by atoms with Crippen LogP contribution in [0.5, 0.6) is 0 Å². The molecule has 1 heterocycles. The molecule has 0 saturated heterocycles. The predicted octanol–water partition coefficient (Wildman–Crippen LogP) is 3.37. The Bertz CT molecular complexity index is 599. The number of nitrogens with two attached hydrogens (primary N) is 1. The van der Waals surface area contributed by atoms with Gasteiger partial charge in [-0.2, -0.15) is 0 Å². The quantitative estimate of drug-likeness (QED) is 0.655. The highest BCUT2D eigenvalue weighted by molar-refractivity contribution is 5.44. The summed E-state index contributed by atoms with van der Waals surface area (Å²) in [5.41, 5.74) is 8.92. The van der Waals surface area contributed by atoms with Crippen LogP contribution in [0.2, 0.25) is 0 Å². The first-order valence-corrected chi connectivity index (χ1v) is 6.55. The maximum Gasteiger partial charge on any atom is 0.106 e. The van der Waals surface area contributed by atoms with Crippen LogP contribution >= 0.6 is 0 Å². The number of nitrogens with one attached hydrogen (secondary N) is 1. The second-order valence-electron chi connectivity index (χ2n) is 5.21. The Labute approximate surface area is 114 Å². The minimum atomic E-state index is -0.0302. The third-order valence-corrected chi connectivity index (χ3v) is 3.82. The summed E-state index contributed by atoms with van der Waals surface area (Å²) < 4.78 is 5.72. The third-order valence-electron chi connectivity index (χ3n) is 3.82. The van der Waals surface area contributed by atoms with Crippen LogP contribution < -0.4 is 11.3 Å². The third kappa shape index (κ3) is 2.44. The molecule has 102 valence electrons. The largest absolute Gasteiger partial charge is 0.466 e. The molecule has 0 bridgehead atoms. The van der Waals surface area contributed by atoms with Crippen LogP contribution in [0.3, 0.4) is 0 Å². The van der Waals surface area contributed by atoms with Gasteiger partial charge in [-0.15, -0.1) is 0 Å². The molecule has 0 saturated carbocycles. The van der Waals surface area contributed by atoms with Crippen molar-refractivity contribution in [3.63, 3.8) is 0 Å². The fourth-order valence-corrected chi connectivity index (χ4v) is 2.63. The van der Waals surface area contributed by atoms with Crippen LogP contribution in [0.4, 0.5) is 0 Å². The lowest BCUT2D eigenvalue weighted by Crippen LogP contribution is -2.30. The molecule has 2 rings (SSSR count). The van der Waals surface area contributed by atoms with E-state index in [0.717, 1.165) is 17.1 Å². The van der Waals surface area contributed by atoms with E-state index in [0.29, 0.717) is 0 Å². The van der Waals surface area contributed by atoms with Crippen molar-refractivity contribution in [1.29, 1.82) is 0 Å². The van der Waals surface area contributed by atoms with Gasteiger partial charge in [0.15, 0.2) is 0 Å². The molecule has 3 N–H and O–H groups in total. The van der Waals surface area contributed by atoms with Crippen molar-refractivity contribution in [3.8, 4) is 0 Å². The zero-order chi connectivity index (χ0) is 14.2. The molecule has 1 atom stereocenters. The summed E-state index contributed by atoms with van der Waals surface area (Å²) in [6.45, 7) is 10.3. The number of hydrazine groups is 1. The molecule has 0 aliphatic heterocycles. The Morgan fingerprint density at radius 2 is 1.74 bits per heavy atom. The van der Waals surface area contributed by atoms with Gasteiger partial charge >= 0.3 is 0 Å². The minimum absolute atomic E-state index is 0.0302. The summed E-state index contributed by atoms with van der Waals surface area (Å²) in [5, 5.41) is 0. The van der Waals surface area contributed by atoms with Crippen molar-refractivity contribution >= 4 is 0 Å². The monoisotopic (exact) mass is 258 g/mol. The first-order valence-electron chi connectivity index (χ1n) is 6.55. The van der Waals surface area contributed by atoms with E-state index in [1.54, 1.807) is 0 Å². The molecule has 3 nitrogen and oxygen atoms in total. The number of hydrogen-bond acceptors (Lipinski definition) is 3. The lowest BCUT2D eigenvalue weighted by molar-refractivity contribution is 0.494. The molecule has 0 fully saturated rings. The molecule has 0 spiro atoms. The van der Waals surface area contributed by atoms with Crippen LogP contribution in [0, 0.1) is 34.6 Å². The zero-order valence-corrected chi connectivity index (χ0v) is 12.3. The Hall–Kier alpha value is -1.58. The molecular formula is C16H22N2O. The van der Waals surface area contributed by atoms with E-state index in [1.165, 1.54) is 22.3 Å². The highest BCUT2D eigenvalue weighted by atomic mass is 16.3. The van der Waals surface area contributed by atoms with Gasteiger partial charge in [0, 0.05) is 5.56 Å². The van der Waals surface area contributed by atoms with E-state index in [2.05, 4.69) is 44.4 Å². The molecule has 19 heavy (non-hydrogen) atoms. The average molecular weight is 258 g/mol. The van der Waals surface area contributed by atoms with Crippen LogP contribution in [0.1, 0.15) is 45.4 Å². The van der Waals surface area contributed by atoms with E-state index in [-0.39, 0.29) is 6.04 Å². The first-order chi connectivity index (χ1) is 8.95. The summed E-state index contributed by atoms with van der Waals surface area (Å²) in [5.74, 6) is 7.70. The maximum atomic E-state index is 5.81. The highest BCUT2D eigenvalue weighted by Gasteiger charge is 2.22. The van der Waals surface area contributed by atoms with E-state index < -0.39 is 0 Å². The predicted molar refractivity (Wildman–Crippen MR) is 78.0 cm³/mol. The van der Waals surface area contributed by atoms with Gasteiger partial charge in [-0.3, -0.25) is 5.84 Å². The van der Waals surface area contributed by atoms with E-state index in [9.17, 15) is 0 Å². The van der Waals surface area contributed by atoms with Gasteiger partial charge < -0.3 is 4.42 Å². The summed E-state index contributed by atoms with van der Waals surface area (Å²) >= 11 is 0. The molecule has 1 unspecified atom stereocenters. The molecule has 1 aromatic carbocycles. The van der Waals surface area contributed by atoms with Gasteiger partial charge in [0.2, 0.25) is 0 Å². The second kappa shape index (κ2) is 5.19. The number of furan rings is 1. The Morgan fingerprint density at radius 3 is 2.26 bits per heavy atom. The minimum Gasteiger partial charge on any atom is -0.466 e. The van der Waals surface area contributed by atoms with Gasteiger partial charge in [0.05, 0.1) is 6.04 Å². The SMILES string of the molecule is Cc1ccc(C)c(C(NN)c2c(C)oc(C)c2C)c1. The Kier molecular flexibility index (Phi) is 3.78. The van der Waals surface area contributed by atoms with Crippen LogP contribution in [0.15, 0.2) is 22.6 Å². The highest BCUT2D eigenvalue weighted by Crippen LogP contribution is 2.32. The Balaban J connectivity index is 2.59. The van der Waals surface area contributed by atoms with Crippen molar-refractivity contribution in [2.24, 2.45) is 5.84 Å². The maximum absolute atomic E-state index is 5.81. The van der Waals surface area contributed by atoms with Crippen LogP contribution in [0.25, 0.3) is 0 Å². The molecule has 0 aliphatic rings. The topological polar surface area (TPSA) is 51.2 Å². The standard InChI is InChI=1S/C16H22N2O/c1-9-6-7-10(2)14(8-9)16(18-17)15-11(3)12(4)19-13(15)5/h6-8,16,18H,17H2,1-5H3. The number of aryl methyl sites for hydroxylation is 4. The number of rotatable bonds is 3. The van der Waals surface area contributed by atoms with Gasteiger partial charge in [-0.05, 0) is 51.3 Å². The van der Waals surface area contributed by atoms with E-state index in [1.807, 2.05) is 13.8 Å². The van der Waals surface area contributed by atoms with Gasteiger partial charge in [0.25, 0.3) is 0 Å². The average Bonchev–Trinajstić information content (AvgIpc) is 2.61. The van der Waals surface area contributed by atoms with E-state index in [4.69, 9.17) is 10.3 Å². The molecule has 0 radical (unpaired) electrons. The van der Waals surface area contributed by atoms with E-state index >= 15 is 0 Å². The first kappa shape index (κ1) is 13.8. The lowest BCUT2D eigenvalue weighted by atomic mass is 9.92. The van der Waals surface area contributed by atoms with Gasteiger partial charge in [0.1, 0.15) is 11.5 Å². The van der Waals surface area contributed by atoms with Crippen LogP contribution in [-0.2, 0) is 0 Å². The molecule has 3 heteroatoms. The summed E-state index contributed by atoms with van der Waals surface area (Å²) in [6, 6.07) is 6.40.